The second kappa shape index (κ2) is 7.41. The minimum Gasteiger partial charge on any atom is -0.342 e. The summed E-state index contributed by atoms with van der Waals surface area (Å²) in [5, 5.41) is 3.56. The van der Waals surface area contributed by atoms with E-state index >= 15 is 0 Å². The molecular weight excluding hydrogens is 250 g/mol. The van der Waals surface area contributed by atoms with Crippen molar-refractivity contribution in [1.29, 1.82) is 0 Å². The van der Waals surface area contributed by atoms with E-state index in [0.717, 1.165) is 38.0 Å². The third-order valence-electron chi connectivity index (χ3n) is 4.54. The number of likely N-dealkylation sites (tertiary alicyclic amines) is 1. The predicted molar refractivity (Wildman–Crippen MR) is 82.7 cm³/mol. The first-order valence-corrected chi connectivity index (χ1v) is 8.25. The van der Waals surface area contributed by atoms with E-state index in [0.29, 0.717) is 18.5 Å². The highest BCUT2D eigenvalue weighted by atomic mass is 16.2. The van der Waals surface area contributed by atoms with Gasteiger partial charge in [-0.3, -0.25) is 9.69 Å². The Hall–Kier alpha value is -0.610. The van der Waals surface area contributed by atoms with Crippen LogP contribution in [0.2, 0.25) is 0 Å². The van der Waals surface area contributed by atoms with Crippen LogP contribution in [-0.4, -0.2) is 61.5 Å². The Morgan fingerprint density at radius 3 is 2.45 bits per heavy atom. The molecule has 1 heterocycles. The van der Waals surface area contributed by atoms with Gasteiger partial charge in [0.25, 0.3) is 0 Å². The zero-order valence-corrected chi connectivity index (χ0v) is 13.4. The molecule has 2 fully saturated rings. The third kappa shape index (κ3) is 5.06. The van der Waals surface area contributed by atoms with Crippen LogP contribution in [0, 0.1) is 11.8 Å². The van der Waals surface area contributed by atoms with Crippen molar-refractivity contribution in [3.63, 3.8) is 0 Å². The van der Waals surface area contributed by atoms with Crippen molar-refractivity contribution in [2.75, 3.05) is 39.8 Å². The molecule has 1 saturated carbocycles. The lowest BCUT2D eigenvalue weighted by Gasteiger charge is -2.32. The Balaban J connectivity index is 1.60. The quantitative estimate of drug-likeness (QED) is 0.769. The van der Waals surface area contributed by atoms with Gasteiger partial charge in [0.2, 0.25) is 5.91 Å². The lowest BCUT2D eigenvalue weighted by Crippen LogP contribution is -2.44. The number of carbonyl (C=O) groups excluding carboxylic acids is 1. The van der Waals surface area contributed by atoms with Crippen LogP contribution in [-0.2, 0) is 4.79 Å². The summed E-state index contributed by atoms with van der Waals surface area (Å²) >= 11 is 0. The van der Waals surface area contributed by atoms with E-state index in [9.17, 15) is 4.79 Å². The predicted octanol–water partition coefficient (Wildman–Crippen LogP) is 1.56. The van der Waals surface area contributed by atoms with Crippen LogP contribution in [0.1, 0.15) is 39.5 Å². The Labute approximate surface area is 123 Å². The summed E-state index contributed by atoms with van der Waals surface area (Å²) in [6.07, 6.45) is 4.86. The van der Waals surface area contributed by atoms with Crippen molar-refractivity contribution < 1.29 is 4.79 Å². The Bertz CT molecular complexity index is 307. The molecule has 4 heteroatoms. The molecule has 116 valence electrons. The highest BCUT2D eigenvalue weighted by molar-refractivity contribution is 5.78. The summed E-state index contributed by atoms with van der Waals surface area (Å²) in [4.78, 5) is 16.4. The number of carbonyl (C=O) groups is 1. The lowest BCUT2D eigenvalue weighted by atomic mass is 9.96. The molecule has 2 rings (SSSR count). The molecule has 1 N–H and O–H groups in total. The minimum absolute atomic E-state index is 0.309. The van der Waals surface area contributed by atoms with Gasteiger partial charge in [-0.25, -0.2) is 0 Å². The number of amides is 1. The van der Waals surface area contributed by atoms with Crippen molar-refractivity contribution in [2.45, 2.75) is 45.6 Å². The number of piperidine rings is 1. The number of nitrogens with zero attached hydrogens (tertiary/aromatic N) is 2. The summed E-state index contributed by atoms with van der Waals surface area (Å²) in [6.45, 7) is 9.54. The molecule has 0 unspecified atom stereocenters. The van der Waals surface area contributed by atoms with Crippen LogP contribution >= 0.6 is 0 Å². The van der Waals surface area contributed by atoms with E-state index in [1.807, 2.05) is 11.9 Å². The van der Waals surface area contributed by atoms with Gasteiger partial charge in [-0.1, -0.05) is 13.8 Å². The molecule has 0 bridgehead atoms. The molecule has 4 nitrogen and oxygen atoms in total. The normalized spacial score (nSPS) is 21.4. The van der Waals surface area contributed by atoms with Crippen molar-refractivity contribution in [3.8, 4) is 0 Å². The van der Waals surface area contributed by atoms with E-state index in [1.54, 1.807) is 0 Å². The lowest BCUT2D eigenvalue weighted by molar-refractivity contribution is -0.131. The standard InChI is InChI=1S/C16H31N3O/c1-13(2)10-17-11-14-6-8-19(9-7-14)12-16(20)18(3)15-4-5-15/h13-15,17H,4-12H2,1-3H3. The summed E-state index contributed by atoms with van der Waals surface area (Å²) in [5.74, 6) is 1.83. The number of hydrogen-bond donors (Lipinski definition) is 1. The third-order valence-corrected chi connectivity index (χ3v) is 4.54. The fraction of sp³-hybridized carbons (Fsp3) is 0.938. The molecule has 0 aromatic heterocycles. The van der Waals surface area contributed by atoms with Crippen molar-refractivity contribution in [2.24, 2.45) is 11.8 Å². The molecule has 1 aliphatic heterocycles. The van der Waals surface area contributed by atoms with Gasteiger partial charge >= 0.3 is 0 Å². The number of hydrogen-bond acceptors (Lipinski definition) is 3. The van der Waals surface area contributed by atoms with Gasteiger partial charge in [0.05, 0.1) is 6.54 Å². The zero-order valence-electron chi connectivity index (χ0n) is 13.4. The van der Waals surface area contributed by atoms with Crippen LogP contribution in [0.5, 0.6) is 0 Å². The SMILES string of the molecule is CC(C)CNCC1CCN(CC(=O)N(C)C2CC2)CC1. The number of rotatable bonds is 7. The average Bonchev–Trinajstić information content (AvgIpc) is 3.24. The summed E-state index contributed by atoms with van der Waals surface area (Å²) in [6, 6.07) is 0.542. The van der Waals surface area contributed by atoms with E-state index in [4.69, 9.17) is 0 Å². The molecule has 1 saturated heterocycles. The van der Waals surface area contributed by atoms with Gasteiger partial charge in [-0.15, -0.1) is 0 Å². The zero-order chi connectivity index (χ0) is 14.5. The van der Waals surface area contributed by atoms with Gasteiger partial charge in [0.1, 0.15) is 0 Å². The fourth-order valence-corrected chi connectivity index (χ4v) is 2.89. The Morgan fingerprint density at radius 1 is 1.25 bits per heavy atom. The van der Waals surface area contributed by atoms with Crippen LogP contribution in [0.15, 0.2) is 0 Å². The fourth-order valence-electron chi connectivity index (χ4n) is 2.89. The van der Waals surface area contributed by atoms with Crippen molar-refractivity contribution >= 4 is 5.91 Å². The van der Waals surface area contributed by atoms with Gasteiger partial charge in [-0.2, -0.15) is 0 Å². The van der Waals surface area contributed by atoms with E-state index in [1.165, 1.54) is 25.7 Å². The molecule has 0 radical (unpaired) electrons. The molecule has 2 aliphatic rings. The van der Waals surface area contributed by atoms with Crippen LogP contribution < -0.4 is 5.32 Å². The van der Waals surface area contributed by atoms with Crippen molar-refractivity contribution in [3.05, 3.63) is 0 Å². The van der Waals surface area contributed by atoms with Crippen LogP contribution in [0.4, 0.5) is 0 Å². The summed E-state index contributed by atoms with van der Waals surface area (Å²) in [7, 11) is 1.96. The molecular formula is C16H31N3O. The Morgan fingerprint density at radius 2 is 1.90 bits per heavy atom. The van der Waals surface area contributed by atoms with Crippen molar-refractivity contribution in [1.82, 2.24) is 15.1 Å². The second-order valence-corrected chi connectivity index (χ2v) is 7.01. The first-order valence-electron chi connectivity index (χ1n) is 8.25. The first kappa shape index (κ1) is 15.8. The maximum absolute atomic E-state index is 12.1. The monoisotopic (exact) mass is 281 g/mol. The molecule has 20 heavy (non-hydrogen) atoms. The summed E-state index contributed by atoms with van der Waals surface area (Å²) < 4.78 is 0. The van der Waals surface area contributed by atoms with Crippen LogP contribution in [0.3, 0.4) is 0 Å². The number of likely N-dealkylation sites (N-methyl/N-ethyl adjacent to an activating group) is 1. The molecule has 1 aliphatic carbocycles. The van der Waals surface area contributed by atoms with E-state index < -0.39 is 0 Å². The highest BCUT2D eigenvalue weighted by Crippen LogP contribution is 2.25. The molecule has 0 aromatic rings. The van der Waals surface area contributed by atoms with Gasteiger partial charge < -0.3 is 10.2 Å². The highest BCUT2D eigenvalue weighted by Gasteiger charge is 2.30. The minimum atomic E-state index is 0.309. The van der Waals surface area contributed by atoms with Gasteiger partial charge in [0, 0.05) is 13.1 Å². The number of nitrogens with one attached hydrogen (secondary N) is 1. The Kier molecular flexibility index (Phi) is 5.85. The van der Waals surface area contributed by atoms with Gasteiger partial charge in [0.15, 0.2) is 0 Å². The molecule has 1 amide bonds. The largest absolute Gasteiger partial charge is 0.342 e. The molecule has 0 spiro atoms. The molecule has 0 aromatic carbocycles. The average molecular weight is 281 g/mol. The maximum Gasteiger partial charge on any atom is 0.236 e. The van der Waals surface area contributed by atoms with E-state index in [2.05, 4.69) is 24.1 Å². The van der Waals surface area contributed by atoms with Gasteiger partial charge in [-0.05, 0) is 63.7 Å². The summed E-state index contributed by atoms with van der Waals surface area (Å²) in [5.41, 5.74) is 0. The smallest absolute Gasteiger partial charge is 0.236 e. The first-order chi connectivity index (χ1) is 9.56. The van der Waals surface area contributed by atoms with E-state index in [-0.39, 0.29) is 0 Å². The topological polar surface area (TPSA) is 35.6 Å². The molecule has 0 atom stereocenters. The second-order valence-electron chi connectivity index (χ2n) is 7.01. The van der Waals surface area contributed by atoms with Crippen LogP contribution in [0.25, 0.3) is 0 Å². The maximum atomic E-state index is 12.1.